The number of hydrogen-bond donors (Lipinski definition) is 2. The van der Waals surface area contributed by atoms with E-state index < -0.39 is 23.3 Å². The van der Waals surface area contributed by atoms with E-state index in [1.807, 2.05) is 0 Å². The first-order chi connectivity index (χ1) is 13.9. The predicted octanol–water partition coefficient (Wildman–Crippen LogP) is 2.71. The second-order valence-electron chi connectivity index (χ2n) is 6.20. The molecule has 29 heavy (non-hydrogen) atoms. The Morgan fingerprint density at radius 2 is 1.79 bits per heavy atom. The third-order valence-electron chi connectivity index (χ3n) is 4.13. The Morgan fingerprint density at radius 1 is 1.07 bits per heavy atom. The second-order valence-corrected chi connectivity index (χ2v) is 6.20. The highest BCUT2D eigenvalue weighted by molar-refractivity contribution is 5.86. The Kier molecular flexibility index (Phi) is 5.99. The molecule has 0 aliphatic rings. The zero-order valence-electron chi connectivity index (χ0n) is 15.1. The van der Waals surface area contributed by atoms with E-state index in [9.17, 15) is 23.5 Å². The molecule has 9 heteroatoms. The number of anilines is 1. The topological polar surface area (TPSA) is 95.7 Å². The highest BCUT2D eigenvalue weighted by atomic mass is 19.1. The van der Waals surface area contributed by atoms with Gasteiger partial charge in [-0.15, -0.1) is 0 Å². The molecule has 150 valence electrons. The summed E-state index contributed by atoms with van der Waals surface area (Å²) in [7, 11) is 0. The Labute approximate surface area is 164 Å². The van der Waals surface area contributed by atoms with Crippen LogP contribution in [-0.4, -0.2) is 39.2 Å². The van der Waals surface area contributed by atoms with Gasteiger partial charge in [0.2, 0.25) is 0 Å². The predicted molar refractivity (Wildman–Crippen MR) is 102 cm³/mol. The number of aliphatic hydroxyl groups excluding tert-OH is 1. The van der Waals surface area contributed by atoms with Gasteiger partial charge in [0.05, 0.1) is 25.4 Å². The number of rotatable bonds is 6. The van der Waals surface area contributed by atoms with Crippen molar-refractivity contribution in [3.05, 3.63) is 82.1 Å². The van der Waals surface area contributed by atoms with E-state index in [0.717, 1.165) is 27.8 Å². The molecule has 1 amide bonds. The molecule has 0 fully saturated rings. The van der Waals surface area contributed by atoms with E-state index >= 15 is 0 Å². The molecule has 0 atom stereocenters. The van der Waals surface area contributed by atoms with Crippen molar-refractivity contribution in [1.29, 1.82) is 0 Å². The summed E-state index contributed by atoms with van der Waals surface area (Å²) in [6, 6.07) is 12.0. The maximum atomic E-state index is 13.5. The minimum absolute atomic E-state index is 0.0187. The number of benzene rings is 2. The summed E-state index contributed by atoms with van der Waals surface area (Å²) in [5.41, 5.74) is 0.891. The summed E-state index contributed by atoms with van der Waals surface area (Å²) in [6.45, 7) is -0.424. The third kappa shape index (κ3) is 4.82. The molecular weight excluding hydrogens is 384 g/mol. The molecule has 0 aliphatic heterocycles. The lowest BCUT2D eigenvalue weighted by molar-refractivity contribution is 0.198. The Bertz CT molecular complexity index is 1080. The maximum absolute atomic E-state index is 13.5. The molecule has 0 unspecified atom stereocenters. The average molecular weight is 401 g/mol. The van der Waals surface area contributed by atoms with Crippen LogP contribution in [0.2, 0.25) is 0 Å². The van der Waals surface area contributed by atoms with Gasteiger partial charge in [-0.1, -0.05) is 12.1 Å². The number of carbonyl (C=O) groups is 1. The molecule has 0 aliphatic carbocycles. The van der Waals surface area contributed by atoms with E-state index in [0.29, 0.717) is 11.3 Å². The number of amides is 1. The summed E-state index contributed by atoms with van der Waals surface area (Å²) >= 11 is 0. The Balaban J connectivity index is 1.93. The number of carboxylic acid groups (broad SMARTS) is 1. The number of halogens is 2. The molecule has 0 bridgehead atoms. The fraction of sp³-hybridized carbons (Fsp3) is 0.150. The summed E-state index contributed by atoms with van der Waals surface area (Å²) in [5.74, 6) is -1.52. The van der Waals surface area contributed by atoms with E-state index in [2.05, 4.69) is 5.10 Å². The third-order valence-corrected chi connectivity index (χ3v) is 4.13. The Morgan fingerprint density at radius 3 is 2.45 bits per heavy atom. The maximum Gasteiger partial charge on any atom is 0.411 e. The minimum atomic E-state index is -1.22. The molecule has 3 aromatic rings. The number of hydrogen-bond acceptors (Lipinski definition) is 4. The smallest absolute Gasteiger partial charge is 0.411 e. The van der Waals surface area contributed by atoms with Gasteiger partial charge in [-0.25, -0.2) is 18.3 Å². The second kappa shape index (κ2) is 8.61. The van der Waals surface area contributed by atoms with Crippen LogP contribution in [0.1, 0.15) is 5.56 Å². The van der Waals surface area contributed by atoms with E-state index in [4.69, 9.17) is 5.11 Å². The van der Waals surface area contributed by atoms with Crippen LogP contribution in [0.25, 0.3) is 11.3 Å². The summed E-state index contributed by atoms with van der Waals surface area (Å²) in [6.07, 6.45) is -1.22. The molecule has 0 spiro atoms. The van der Waals surface area contributed by atoms with Crippen molar-refractivity contribution in [3.8, 4) is 11.3 Å². The molecule has 0 saturated heterocycles. The molecule has 7 nitrogen and oxygen atoms in total. The molecule has 1 heterocycles. The van der Waals surface area contributed by atoms with Crippen LogP contribution in [0.5, 0.6) is 0 Å². The standard InChI is InChI=1S/C20H17F2N3O4/c21-15-9-14(10-16(22)11-15)18-4-5-19(27)25(23-18)12-13-2-1-3-17(8-13)24(6-7-26)20(28)29/h1-5,8-11,26H,6-7,12H2,(H,28,29). The van der Waals surface area contributed by atoms with Crippen LogP contribution in [0.15, 0.2) is 59.4 Å². The summed E-state index contributed by atoms with van der Waals surface area (Å²) in [5, 5.41) is 22.5. The van der Waals surface area contributed by atoms with Crippen LogP contribution in [0.3, 0.4) is 0 Å². The van der Waals surface area contributed by atoms with Gasteiger partial charge < -0.3 is 10.2 Å². The normalized spacial score (nSPS) is 10.7. The lowest BCUT2D eigenvalue weighted by Gasteiger charge is -2.19. The lowest BCUT2D eigenvalue weighted by atomic mass is 10.1. The van der Waals surface area contributed by atoms with Crippen LogP contribution < -0.4 is 10.5 Å². The average Bonchev–Trinajstić information content (AvgIpc) is 2.67. The van der Waals surface area contributed by atoms with Crippen molar-refractivity contribution >= 4 is 11.8 Å². The molecule has 2 aromatic carbocycles. The van der Waals surface area contributed by atoms with Crippen LogP contribution in [0.4, 0.5) is 19.3 Å². The van der Waals surface area contributed by atoms with E-state index in [1.54, 1.807) is 24.3 Å². The van der Waals surface area contributed by atoms with Crippen molar-refractivity contribution in [3.63, 3.8) is 0 Å². The van der Waals surface area contributed by atoms with Crippen molar-refractivity contribution < 1.29 is 23.8 Å². The van der Waals surface area contributed by atoms with Gasteiger partial charge in [-0.2, -0.15) is 5.10 Å². The highest BCUT2D eigenvalue weighted by Crippen LogP contribution is 2.20. The van der Waals surface area contributed by atoms with Crippen molar-refractivity contribution in [2.24, 2.45) is 0 Å². The molecular formula is C20H17F2N3O4. The van der Waals surface area contributed by atoms with Crippen LogP contribution in [0, 0.1) is 11.6 Å². The fourth-order valence-corrected chi connectivity index (χ4v) is 2.85. The van der Waals surface area contributed by atoms with Gasteiger partial charge in [0, 0.05) is 23.4 Å². The first-order valence-electron chi connectivity index (χ1n) is 8.62. The minimum Gasteiger partial charge on any atom is -0.465 e. The molecule has 1 aromatic heterocycles. The monoisotopic (exact) mass is 401 g/mol. The van der Waals surface area contributed by atoms with Gasteiger partial charge >= 0.3 is 6.09 Å². The van der Waals surface area contributed by atoms with Crippen molar-refractivity contribution in [2.75, 3.05) is 18.1 Å². The Hall–Kier alpha value is -3.59. The first-order valence-corrected chi connectivity index (χ1v) is 8.62. The van der Waals surface area contributed by atoms with Crippen molar-refractivity contribution in [2.45, 2.75) is 6.54 Å². The molecule has 3 rings (SSSR count). The van der Waals surface area contributed by atoms with Crippen LogP contribution >= 0.6 is 0 Å². The van der Waals surface area contributed by atoms with Gasteiger partial charge in [0.25, 0.3) is 5.56 Å². The van der Waals surface area contributed by atoms with Gasteiger partial charge in [-0.05, 0) is 35.9 Å². The zero-order valence-corrected chi connectivity index (χ0v) is 15.1. The van der Waals surface area contributed by atoms with Crippen LogP contribution in [-0.2, 0) is 6.54 Å². The zero-order chi connectivity index (χ0) is 21.0. The van der Waals surface area contributed by atoms with Gasteiger partial charge in [0.15, 0.2) is 0 Å². The van der Waals surface area contributed by atoms with E-state index in [-0.39, 0.29) is 31.0 Å². The highest BCUT2D eigenvalue weighted by Gasteiger charge is 2.14. The largest absolute Gasteiger partial charge is 0.465 e. The van der Waals surface area contributed by atoms with Crippen molar-refractivity contribution in [1.82, 2.24) is 9.78 Å². The SMILES string of the molecule is O=C(O)N(CCO)c1cccc(Cn2nc(-c3cc(F)cc(F)c3)ccc2=O)c1. The lowest BCUT2D eigenvalue weighted by Crippen LogP contribution is -2.32. The molecule has 0 saturated carbocycles. The van der Waals surface area contributed by atoms with E-state index in [1.165, 1.54) is 12.1 Å². The quantitative estimate of drug-likeness (QED) is 0.662. The number of aromatic nitrogens is 2. The molecule has 2 N–H and O–H groups in total. The summed E-state index contributed by atoms with van der Waals surface area (Å²) in [4.78, 5) is 24.5. The molecule has 0 radical (unpaired) electrons. The fourth-order valence-electron chi connectivity index (χ4n) is 2.85. The first kappa shape index (κ1) is 20.2. The number of aliphatic hydroxyl groups is 1. The summed E-state index contributed by atoms with van der Waals surface area (Å²) < 4.78 is 28.1. The van der Waals surface area contributed by atoms with Gasteiger partial charge in [0.1, 0.15) is 11.6 Å². The van der Waals surface area contributed by atoms with Gasteiger partial charge in [-0.3, -0.25) is 9.69 Å². The number of nitrogens with zero attached hydrogens (tertiary/aromatic N) is 3.